The molecular weight excluding hydrogens is 417 g/mol. The highest BCUT2D eigenvalue weighted by atomic mass is 35.5. The van der Waals surface area contributed by atoms with E-state index < -0.39 is 5.97 Å². The number of piperazine rings is 1. The van der Waals surface area contributed by atoms with E-state index in [2.05, 4.69) is 15.1 Å². The zero-order valence-electron chi connectivity index (χ0n) is 16.3. The Morgan fingerprint density at radius 2 is 1.90 bits per heavy atom. The van der Waals surface area contributed by atoms with Crippen molar-refractivity contribution in [3.8, 4) is 0 Å². The molecule has 0 bridgehead atoms. The van der Waals surface area contributed by atoms with Gasteiger partial charge in [-0.15, -0.1) is 11.3 Å². The molecule has 1 amide bonds. The van der Waals surface area contributed by atoms with Crippen LogP contribution in [0.5, 0.6) is 0 Å². The lowest BCUT2D eigenvalue weighted by atomic mass is 10.2. The maximum atomic E-state index is 13.2. The number of aryl methyl sites for hydroxylation is 1. The molecule has 3 rings (SSSR count). The SMILES string of the molecule is COC(=O)c1cc(C)sc1NC(=O)CN1CCN(Cc2ccc(F)cc2Cl)CC1. The van der Waals surface area contributed by atoms with Gasteiger partial charge in [0.25, 0.3) is 0 Å². The van der Waals surface area contributed by atoms with Crippen LogP contribution in [-0.4, -0.2) is 61.5 Å². The molecule has 0 atom stereocenters. The van der Waals surface area contributed by atoms with E-state index in [0.29, 0.717) is 22.1 Å². The zero-order valence-corrected chi connectivity index (χ0v) is 17.9. The summed E-state index contributed by atoms with van der Waals surface area (Å²) in [6.07, 6.45) is 0. The number of methoxy groups -OCH3 is 1. The Kier molecular flexibility index (Phi) is 7.23. The van der Waals surface area contributed by atoms with Gasteiger partial charge in [0.15, 0.2) is 0 Å². The number of ether oxygens (including phenoxy) is 1. The molecule has 0 saturated carbocycles. The Hall–Kier alpha value is -2.00. The summed E-state index contributed by atoms with van der Waals surface area (Å²) in [6, 6.07) is 6.16. The Morgan fingerprint density at radius 1 is 1.21 bits per heavy atom. The lowest BCUT2D eigenvalue weighted by Gasteiger charge is -2.34. The minimum absolute atomic E-state index is 0.160. The highest BCUT2D eigenvalue weighted by molar-refractivity contribution is 7.16. The van der Waals surface area contributed by atoms with E-state index in [9.17, 15) is 14.0 Å². The van der Waals surface area contributed by atoms with Crippen LogP contribution in [0.25, 0.3) is 0 Å². The second-order valence-corrected chi connectivity index (χ2v) is 8.59. The fourth-order valence-corrected chi connectivity index (χ4v) is 4.38. The molecule has 2 aromatic rings. The molecule has 1 aromatic carbocycles. The first-order valence-corrected chi connectivity index (χ1v) is 10.4. The van der Waals surface area contributed by atoms with E-state index in [1.807, 2.05) is 6.92 Å². The summed E-state index contributed by atoms with van der Waals surface area (Å²) in [4.78, 5) is 29.5. The van der Waals surface area contributed by atoms with Crippen molar-refractivity contribution in [2.75, 3.05) is 45.2 Å². The number of esters is 1. The highest BCUT2D eigenvalue weighted by Gasteiger charge is 2.22. The van der Waals surface area contributed by atoms with Crippen molar-refractivity contribution in [3.05, 3.63) is 51.1 Å². The van der Waals surface area contributed by atoms with Gasteiger partial charge in [0, 0.05) is 42.6 Å². The van der Waals surface area contributed by atoms with E-state index in [-0.39, 0.29) is 18.3 Å². The summed E-state index contributed by atoms with van der Waals surface area (Å²) in [5, 5.41) is 3.78. The molecular formula is C20H23ClFN3O3S. The largest absolute Gasteiger partial charge is 0.465 e. The molecule has 156 valence electrons. The maximum Gasteiger partial charge on any atom is 0.340 e. The third kappa shape index (κ3) is 5.76. The summed E-state index contributed by atoms with van der Waals surface area (Å²) >= 11 is 7.46. The van der Waals surface area contributed by atoms with Gasteiger partial charge in [0.1, 0.15) is 10.8 Å². The number of anilines is 1. The van der Waals surface area contributed by atoms with Gasteiger partial charge in [-0.05, 0) is 30.7 Å². The lowest BCUT2D eigenvalue weighted by molar-refractivity contribution is -0.117. The number of rotatable bonds is 6. The van der Waals surface area contributed by atoms with Crippen LogP contribution < -0.4 is 5.32 Å². The van der Waals surface area contributed by atoms with Crippen LogP contribution in [0.15, 0.2) is 24.3 Å². The Balaban J connectivity index is 1.49. The maximum absolute atomic E-state index is 13.2. The number of halogens is 2. The number of thiophene rings is 1. The third-order valence-electron chi connectivity index (χ3n) is 4.75. The van der Waals surface area contributed by atoms with Crippen molar-refractivity contribution in [2.24, 2.45) is 0 Å². The fraction of sp³-hybridized carbons (Fsp3) is 0.400. The van der Waals surface area contributed by atoms with Gasteiger partial charge in [0.2, 0.25) is 5.91 Å². The normalized spacial score (nSPS) is 15.3. The molecule has 0 spiro atoms. The predicted molar refractivity (Wildman–Crippen MR) is 112 cm³/mol. The molecule has 2 heterocycles. The summed E-state index contributed by atoms with van der Waals surface area (Å²) in [7, 11) is 1.32. The highest BCUT2D eigenvalue weighted by Crippen LogP contribution is 2.28. The van der Waals surface area contributed by atoms with Crippen LogP contribution in [0.2, 0.25) is 5.02 Å². The molecule has 9 heteroatoms. The first-order valence-electron chi connectivity index (χ1n) is 9.23. The molecule has 1 N–H and O–H groups in total. The topological polar surface area (TPSA) is 61.9 Å². The standard InChI is InChI=1S/C20H23ClFN3O3S/c1-13-9-16(20(27)28-2)19(29-13)23-18(26)12-25-7-5-24(6-8-25)11-14-3-4-15(22)10-17(14)21/h3-4,9-10H,5-8,11-12H2,1-2H3,(H,23,26). The van der Waals surface area contributed by atoms with Crippen molar-refractivity contribution in [1.82, 2.24) is 9.80 Å². The van der Waals surface area contributed by atoms with Gasteiger partial charge in [-0.3, -0.25) is 14.6 Å². The van der Waals surface area contributed by atoms with Crippen LogP contribution in [0, 0.1) is 12.7 Å². The first kappa shape index (κ1) is 21.7. The zero-order chi connectivity index (χ0) is 21.0. The van der Waals surface area contributed by atoms with E-state index in [1.165, 1.54) is 30.6 Å². The van der Waals surface area contributed by atoms with Crippen LogP contribution >= 0.6 is 22.9 Å². The summed E-state index contributed by atoms with van der Waals surface area (Å²) < 4.78 is 17.9. The number of amides is 1. The Labute approximate surface area is 178 Å². The summed E-state index contributed by atoms with van der Waals surface area (Å²) in [5.74, 6) is -0.962. The van der Waals surface area contributed by atoms with Gasteiger partial charge in [-0.2, -0.15) is 0 Å². The van der Waals surface area contributed by atoms with E-state index >= 15 is 0 Å². The molecule has 1 aliphatic heterocycles. The number of hydrogen-bond acceptors (Lipinski definition) is 6. The lowest BCUT2D eigenvalue weighted by Crippen LogP contribution is -2.48. The van der Waals surface area contributed by atoms with Crippen molar-refractivity contribution in [2.45, 2.75) is 13.5 Å². The quantitative estimate of drug-likeness (QED) is 0.699. The molecule has 1 saturated heterocycles. The number of hydrogen-bond donors (Lipinski definition) is 1. The van der Waals surface area contributed by atoms with Crippen molar-refractivity contribution in [3.63, 3.8) is 0 Å². The molecule has 0 unspecified atom stereocenters. The van der Waals surface area contributed by atoms with Gasteiger partial charge >= 0.3 is 5.97 Å². The smallest absolute Gasteiger partial charge is 0.340 e. The average molecular weight is 440 g/mol. The van der Waals surface area contributed by atoms with Crippen molar-refractivity contribution >= 4 is 39.8 Å². The number of benzene rings is 1. The Morgan fingerprint density at radius 3 is 2.55 bits per heavy atom. The molecule has 29 heavy (non-hydrogen) atoms. The van der Waals surface area contributed by atoms with Gasteiger partial charge < -0.3 is 10.1 Å². The number of nitrogens with zero attached hydrogens (tertiary/aromatic N) is 2. The van der Waals surface area contributed by atoms with Crippen molar-refractivity contribution in [1.29, 1.82) is 0 Å². The first-order chi connectivity index (χ1) is 13.9. The van der Waals surface area contributed by atoms with E-state index in [4.69, 9.17) is 16.3 Å². The van der Waals surface area contributed by atoms with Crippen LogP contribution in [0.1, 0.15) is 20.8 Å². The second kappa shape index (κ2) is 9.67. The molecule has 0 radical (unpaired) electrons. The van der Waals surface area contributed by atoms with Gasteiger partial charge in [-0.1, -0.05) is 17.7 Å². The molecule has 1 fully saturated rings. The van der Waals surface area contributed by atoms with E-state index in [1.54, 1.807) is 12.1 Å². The molecule has 6 nitrogen and oxygen atoms in total. The van der Waals surface area contributed by atoms with Gasteiger partial charge in [-0.25, -0.2) is 9.18 Å². The van der Waals surface area contributed by atoms with Gasteiger partial charge in [0.05, 0.1) is 19.2 Å². The monoisotopic (exact) mass is 439 g/mol. The minimum Gasteiger partial charge on any atom is -0.465 e. The summed E-state index contributed by atoms with van der Waals surface area (Å²) in [5.41, 5.74) is 1.27. The molecule has 1 aromatic heterocycles. The average Bonchev–Trinajstić information content (AvgIpc) is 3.04. The third-order valence-corrected chi connectivity index (χ3v) is 6.07. The number of nitrogens with one attached hydrogen (secondary N) is 1. The van der Waals surface area contributed by atoms with Crippen molar-refractivity contribution < 1.29 is 18.7 Å². The van der Waals surface area contributed by atoms with E-state index in [0.717, 1.165) is 36.6 Å². The summed E-state index contributed by atoms with van der Waals surface area (Å²) in [6.45, 7) is 5.82. The number of carbonyl (C=O) groups is 2. The molecule has 1 aliphatic rings. The van der Waals surface area contributed by atoms with Crippen LogP contribution in [0.3, 0.4) is 0 Å². The minimum atomic E-state index is -0.460. The fourth-order valence-electron chi connectivity index (χ4n) is 3.23. The number of carbonyl (C=O) groups excluding carboxylic acids is 2. The second-order valence-electron chi connectivity index (χ2n) is 6.93. The van der Waals surface area contributed by atoms with Crippen LogP contribution in [0.4, 0.5) is 9.39 Å². The Bertz CT molecular complexity index is 897. The molecule has 0 aliphatic carbocycles. The van der Waals surface area contributed by atoms with Crippen LogP contribution in [-0.2, 0) is 16.1 Å². The predicted octanol–water partition coefficient (Wildman–Crippen LogP) is 3.39.